The van der Waals surface area contributed by atoms with Crippen LogP contribution >= 0.6 is 0 Å². The van der Waals surface area contributed by atoms with Gasteiger partial charge in [0, 0.05) is 19.8 Å². The number of urea groups is 1. The molecule has 0 heterocycles. The summed E-state index contributed by atoms with van der Waals surface area (Å²) in [5.74, 6) is -1.29. The lowest BCUT2D eigenvalue weighted by Gasteiger charge is -2.13. The van der Waals surface area contributed by atoms with Gasteiger partial charge in [0.25, 0.3) is 0 Å². The van der Waals surface area contributed by atoms with Crippen LogP contribution in [0.25, 0.3) is 0 Å². The van der Waals surface area contributed by atoms with Crippen molar-refractivity contribution in [2.24, 2.45) is 0 Å². The van der Waals surface area contributed by atoms with Crippen LogP contribution < -0.4 is 10.6 Å². The molecule has 1 rings (SSSR count). The Morgan fingerprint density at radius 1 is 1.19 bits per heavy atom. The molecule has 0 saturated heterocycles. The van der Waals surface area contributed by atoms with E-state index in [-0.39, 0.29) is 18.0 Å². The molecule has 3 amide bonds. The third-order valence-electron chi connectivity index (χ3n) is 3.05. The molecule has 0 unspecified atom stereocenters. The Bertz CT molecular complexity index is 582. The third kappa shape index (κ3) is 4.48. The van der Waals surface area contributed by atoms with E-state index < -0.39 is 12.0 Å². The molecule has 0 bridgehead atoms. The SMILES string of the molecule is Cc1cc(NC(=O)NCC(=O)N(C)C)cc(C(=O)O)c1C. The van der Waals surface area contributed by atoms with E-state index >= 15 is 0 Å². The molecular weight excluding hydrogens is 274 g/mol. The van der Waals surface area contributed by atoms with Gasteiger partial charge in [-0.25, -0.2) is 9.59 Å². The Morgan fingerprint density at radius 2 is 1.81 bits per heavy atom. The van der Waals surface area contributed by atoms with Crippen molar-refractivity contribution in [2.45, 2.75) is 13.8 Å². The van der Waals surface area contributed by atoms with Crippen molar-refractivity contribution in [2.75, 3.05) is 26.0 Å². The number of aryl methyl sites for hydroxylation is 1. The summed E-state index contributed by atoms with van der Waals surface area (Å²) in [5.41, 5.74) is 1.91. The molecule has 114 valence electrons. The summed E-state index contributed by atoms with van der Waals surface area (Å²) in [6.45, 7) is 3.34. The van der Waals surface area contributed by atoms with Crippen LogP contribution in [0.4, 0.5) is 10.5 Å². The van der Waals surface area contributed by atoms with Gasteiger partial charge < -0.3 is 20.6 Å². The Labute approximate surface area is 122 Å². The smallest absolute Gasteiger partial charge is 0.336 e. The quantitative estimate of drug-likeness (QED) is 0.777. The van der Waals surface area contributed by atoms with Gasteiger partial charge in [-0.3, -0.25) is 4.79 Å². The normalized spacial score (nSPS) is 9.90. The fourth-order valence-corrected chi connectivity index (χ4v) is 1.64. The van der Waals surface area contributed by atoms with Crippen molar-refractivity contribution in [3.8, 4) is 0 Å². The zero-order chi connectivity index (χ0) is 16.2. The van der Waals surface area contributed by atoms with E-state index in [1.54, 1.807) is 34.0 Å². The number of aromatic carboxylic acids is 1. The highest BCUT2D eigenvalue weighted by molar-refractivity contribution is 5.95. The maximum Gasteiger partial charge on any atom is 0.336 e. The fourth-order valence-electron chi connectivity index (χ4n) is 1.64. The van der Waals surface area contributed by atoms with E-state index in [4.69, 9.17) is 5.11 Å². The van der Waals surface area contributed by atoms with E-state index in [0.29, 0.717) is 11.3 Å². The number of hydrogen-bond donors (Lipinski definition) is 3. The number of carboxylic acids is 1. The summed E-state index contributed by atoms with van der Waals surface area (Å²) in [4.78, 5) is 35.5. The first-order valence-corrected chi connectivity index (χ1v) is 6.32. The number of carboxylic acid groups (broad SMARTS) is 1. The minimum absolute atomic E-state index is 0.129. The summed E-state index contributed by atoms with van der Waals surface area (Å²) in [7, 11) is 3.18. The number of anilines is 1. The second-order valence-electron chi connectivity index (χ2n) is 4.87. The van der Waals surface area contributed by atoms with Crippen LogP contribution in [0.15, 0.2) is 12.1 Å². The zero-order valence-electron chi connectivity index (χ0n) is 12.5. The Balaban J connectivity index is 2.77. The Morgan fingerprint density at radius 3 is 2.33 bits per heavy atom. The zero-order valence-corrected chi connectivity index (χ0v) is 12.5. The largest absolute Gasteiger partial charge is 0.478 e. The van der Waals surface area contributed by atoms with Crippen LogP contribution in [0.2, 0.25) is 0 Å². The van der Waals surface area contributed by atoms with Gasteiger partial charge in [-0.05, 0) is 37.1 Å². The molecule has 0 saturated carbocycles. The van der Waals surface area contributed by atoms with Crippen molar-refractivity contribution in [1.29, 1.82) is 0 Å². The van der Waals surface area contributed by atoms with E-state index in [1.807, 2.05) is 0 Å². The molecule has 0 aliphatic carbocycles. The molecule has 21 heavy (non-hydrogen) atoms. The van der Waals surface area contributed by atoms with Gasteiger partial charge in [0.15, 0.2) is 0 Å². The van der Waals surface area contributed by atoms with Crippen molar-refractivity contribution in [1.82, 2.24) is 10.2 Å². The third-order valence-corrected chi connectivity index (χ3v) is 3.05. The van der Waals surface area contributed by atoms with Gasteiger partial charge >= 0.3 is 12.0 Å². The average molecular weight is 293 g/mol. The molecule has 0 spiro atoms. The predicted octanol–water partition coefficient (Wildman–Crippen LogP) is 1.21. The van der Waals surface area contributed by atoms with Gasteiger partial charge in [0.2, 0.25) is 5.91 Å². The summed E-state index contributed by atoms with van der Waals surface area (Å²) < 4.78 is 0. The highest BCUT2D eigenvalue weighted by Gasteiger charge is 2.13. The van der Waals surface area contributed by atoms with Gasteiger partial charge in [-0.1, -0.05) is 0 Å². The monoisotopic (exact) mass is 293 g/mol. The van der Waals surface area contributed by atoms with E-state index in [9.17, 15) is 14.4 Å². The molecule has 0 aliphatic rings. The highest BCUT2D eigenvalue weighted by atomic mass is 16.4. The molecule has 0 atom stereocenters. The van der Waals surface area contributed by atoms with Gasteiger partial charge in [-0.15, -0.1) is 0 Å². The topological polar surface area (TPSA) is 98.7 Å². The first kappa shape index (κ1) is 16.5. The molecule has 0 fully saturated rings. The van der Waals surface area contributed by atoms with Crippen LogP contribution in [0, 0.1) is 13.8 Å². The Kier molecular flexibility index (Phi) is 5.29. The lowest BCUT2D eigenvalue weighted by Crippen LogP contribution is -2.38. The van der Waals surface area contributed by atoms with Crippen LogP contribution in [0.3, 0.4) is 0 Å². The van der Waals surface area contributed by atoms with Crippen LogP contribution in [0.1, 0.15) is 21.5 Å². The van der Waals surface area contributed by atoms with E-state index in [1.165, 1.54) is 11.0 Å². The molecule has 0 aliphatic heterocycles. The number of carbonyl (C=O) groups excluding carboxylic acids is 2. The van der Waals surface area contributed by atoms with Gasteiger partial charge in [0.05, 0.1) is 12.1 Å². The number of benzene rings is 1. The molecule has 0 aromatic heterocycles. The van der Waals surface area contributed by atoms with E-state index in [2.05, 4.69) is 10.6 Å². The molecule has 1 aromatic rings. The van der Waals surface area contributed by atoms with Crippen LogP contribution in [-0.2, 0) is 4.79 Å². The number of carbonyl (C=O) groups is 3. The summed E-state index contributed by atoms with van der Waals surface area (Å²) >= 11 is 0. The number of rotatable bonds is 4. The number of nitrogens with zero attached hydrogens (tertiary/aromatic N) is 1. The van der Waals surface area contributed by atoms with Crippen molar-refractivity contribution >= 4 is 23.6 Å². The molecule has 7 nitrogen and oxygen atoms in total. The standard InChI is InChI=1S/C14H19N3O4/c1-8-5-10(6-11(9(8)2)13(19)20)16-14(21)15-7-12(18)17(3)4/h5-6H,7H2,1-4H3,(H,19,20)(H2,15,16,21). The number of nitrogens with one attached hydrogen (secondary N) is 2. The maximum absolute atomic E-state index is 11.7. The summed E-state index contributed by atoms with van der Waals surface area (Å²) in [6, 6.07) is 2.50. The lowest BCUT2D eigenvalue weighted by molar-refractivity contribution is -0.127. The lowest BCUT2D eigenvalue weighted by atomic mass is 10.0. The molecule has 0 radical (unpaired) electrons. The maximum atomic E-state index is 11.7. The van der Waals surface area contributed by atoms with Gasteiger partial charge in [0.1, 0.15) is 0 Å². The predicted molar refractivity (Wildman–Crippen MR) is 78.6 cm³/mol. The number of amides is 3. The number of hydrogen-bond acceptors (Lipinski definition) is 3. The van der Waals surface area contributed by atoms with E-state index in [0.717, 1.165) is 5.56 Å². The van der Waals surface area contributed by atoms with Crippen LogP contribution in [-0.4, -0.2) is 48.6 Å². The fraction of sp³-hybridized carbons (Fsp3) is 0.357. The summed E-state index contributed by atoms with van der Waals surface area (Å²) in [5, 5.41) is 14.0. The first-order chi connectivity index (χ1) is 9.72. The van der Waals surface area contributed by atoms with Crippen molar-refractivity contribution in [3.05, 3.63) is 28.8 Å². The minimum Gasteiger partial charge on any atom is -0.478 e. The van der Waals surface area contributed by atoms with Crippen LogP contribution in [0.5, 0.6) is 0 Å². The highest BCUT2D eigenvalue weighted by Crippen LogP contribution is 2.19. The Hall–Kier alpha value is -2.57. The van der Waals surface area contributed by atoms with Crippen molar-refractivity contribution < 1.29 is 19.5 Å². The summed E-state index contributed by atoms with van der Waals surface area (Å²) in [6.07, 6.45) is 0. The average Bonchev–Trinajstić information content (AvgIpc) is 2.39. The molecule has 1 aromatic carbocycles. The molecule has 7 heteroatoms. The molecule has 3 N–H and O–H groups in total. The first-order valence-electron chi connectivity index (χ1n) is 6.32. The second-order valence-corrected chi connectivity index (χ2v) is 4.87. The minimum atomic E-state index is -1.05. The van der Waals surface area contributed by atoms with Gasteiger partial charge in [-0.2, -0.15) is 0 Å². The molecular formula is C14H19N3O4. The number of likely N-dealkylation sites (N-methyl/N-ethyl adjacent to an activating group) is 1. The van der Waals surface area contributed by atoms with Crippen molar-refractivity contribution in [3.63, 3.8) is 0 Å². The second kappa shape index (κ2) is 6.74.